The van der Waals surface area contributed by atoms with Crippen molar-refractivity contribution in [3.05, 3.63) is 12.2 Å². The highest BCUT2D eigenvalue weighted by Crippen LogP contribution is 2.16. The van der Waals surface area contributed by atoms with Crippen LogP contribution in [-0.2, 0) is 14.3 Å². The SMILES string of the molecule is CCCCC(CC)CC=CC(=O)OC(O)C(=O)O. The van der Waals surface area contributed by atoms with Crippen LogP contribution in [0.3, 0.4) is 0 Å². The van der Waals surface area contributed by atoms with Crippen LogP contribution in [0.15, 0.2) is 12.2 Å². The molecule has 2 unspecified atom stereocenters. The molecular weight excluding hydrogens is 236 g/mol. The van der Waals surface area contributed by atoms with E-state index in [9.17, 15) is 9.59 Å². The molecule has 0 aromatic rings. The number of carboxylic acids is 1. The van der Waals surface area contributed by atoms with Gasteiger partial charge in [-0.05, 0) is 12.3 Å². The molecule has 0 aromatic heterocycles. The predicted octanol–water partition coefficient (Wildman–Crippen LogP) is 2.10. The number of allylic oxidation sites excluding steroid dienone is 1. The van der Waals surface area contributed by atoms with Gasteiger partial charge in [0.05, 0.1) is 0 Å². The molecule has 0 saturated heterocycles. The molecule has 2 N–H and O–H groups in total. The molecule has 2 atom stereocenters. The van der Waals surface area contributed by atoms with Gasteiger partial charge in [0.2, 0.25) is 0 Å². The molecule has 0 radical (unpaired) electrons. The van der Waals surface area contributed by atoms with E-state index >= 15 is 0 Å². The maximum atomic E-state index is 11.1. The van der Waals surface area contributed by atoms with E-state index in [-0.39, 0.29) is 0 Å². The van der Waals surface area contributed by atoms with Crippen LogP contribution < -0.4 is 0 Å². The maximum Gasteiger partial charge on any atom is 0.373 e. The molecule has 5 heteroatoms. The first-order valence-electron chi connectivity index (χ1n) is 6.29. The summed E-state index contributed by atoms with van der Waals surface area (Å²) in [6.45, 7) is 4.23. The first kappa shape index (κ1) is 16.6. The van der Waals surface area contributed by atoms with Gasteiger partial charge in [0.1, 0.15) is 0 Å². The predicted molar refractivity (Wildman–Crippen MR) is 66.8 cm³/mol. The number of carbonyl (C=O) groups is 2. The highest BCUT2D eigenvalue weighted by molar-refractivity contribution is 5.84. The summed E-state index contributed by atoms with van der Waals surface area (Å²) in [6, 6.07) is 0. The van der Waals surface area contributed by atoms with E-state index in [1.165, 1.54) is 6.08 Å². The lowest BCUT2D eigenvalue weighted by Crippen LogP contribution is -2.25. The molecule has 0 heterocycles. The minimum Gasteiger partial charge on any atom is -0.477 e. The summed E-state index contributed by atoms with van der Waals surface area (Å²) in [6.07, 6.45) is 5.96. The number of rotatable bonds is 9. The lowest BCUT2D eigenvalue weighted by atomic mass is 9.96. The summed E-state index contributed by atoms with van der Waals surface area (Å²) < 4.78 is 4.24. The molecule has 0 rings (SSSR count). The summed E-state index contributed by atoms with van der Waals surface area (Å²) in [5.74, 6) is -1.89. The Labute approximate surface area is 107 Å². The van der Waals surface area contributed by atoms with Crippen molar-refractivity contribution >= 4 is 11.9 Å². The van der Waals surface area contributed by atoms with Gasteiger partial charge in [0.15, 0.2) is 0 Å². The van der Waals surface area contributed by atoms with Gasteiger partial charge in [-0.15, -0.1) is 0 Å². The van der Waals surface area contributed by atoms with Crippen molar-refractivity contribution in [2.75, 3.05) is 0 Å². The number of hydrogen-bond donors (Lipinski definition) is 2. The van der Waals surface area contributed by atoms with E-state index in [0.717, 1.165) is 32.1 Å². The molecule has 5 nitrogen and oxygen atoms in total. The second-order valence-corrected chi connectivity index (χ2v) is 4.18. The molecule has 104 valence electrons. The van der Waals surface area contributed by atoms with E-state index in [1.54, 1.807) is 6.08 Å². The number of aliphatic hydroxyl groups is 1. The Morgan fingerprint density at radius 2 is 2.00 bits per heavy atom. The molecule has 0 aromatic carbocycles. The van der Waals surface area contributed by atoms with Crippen molar-refractivity contribution in [1.29, 1.82) is 0 Å². The lowest BCUT2D eigenvalue weighted by molar-refractivity contribution is -0.183. The van der Waals surface area contributed by atoms with Crippen LogP contribution in [-0.4, -0.2) is 28.4 Å². The zero-order chi connectivity index (χ0) is 14.0. The third kappa shape index (κ3) is 7.84. The standard InChI is InChI=1S/C13H22O5/c1-3-5-7-10(4-2)8-6-9-11(14)18-13(17)12(15)16/h6,9-10,13,17H,3-5,7-8H2,1-2H3,(H,15,16). The summed E-state index contributed by atoms with van der Waals surface area (Å²) in [7, 11) is 0. The molecule has 0 saturated carbocycles. The Hall–Kier alpha value is -1.36. The quantitative estimate of drug-likeness (QED) is 0.376. The zero-order valence-corrected chi connectivity index (χ0v) is 11.0. The van der Waals surface area contributed by atoms with Gasteiger partial charge in [-0.3, -0.25) is 0 Å². The number of carbonyl (C=O) groups excluding carboxylic acids is 1. The van der Waals surface area contributed by atoms with Crippen molar-refractivity contribution < 1.29 is 24.5 Å². The highest BCUT2D eigenvalue weighted by atomic mass is 16.7. The Kier molecular flexibility index (Phi) is 8.92. The Balaban J connectivity index is 3.98. The third-order valence-corrected chi connectivity index (χ3v) is 2.71. The van der Waals surface area contributed by atoms with Crippen molar-refractivity contribution in [1.82, 2.24) is 0 Å². The molecule has 18 heavy (non-hydrogen) atoms. The Morgan fingerprint density at radius 1 is 1.33 bits per heavy atom. The van der Waals surface area contributed by atoms with Crippen LogP contribution in [0, 0.1) is 5.92 Å². The third-order valence-electron chi connectivity index (χ3n) is 2.71. The average molecular weight is 258 g/mol. The molecule has 0 spiro atoms. The van der Waals surface area contributed by atoms with Crippen LogP contribution in [0.2, 0.25) is 0 Å². The van der Waals surface area contributed by atoms with E-state index in [4.69, 9.17) is 10.2 Å². The van der Waals surface area contributed by atoms with Gasteiger partial charge in [0, 0.05) is 6.08 Å². The fourth-order valence-corrected chi connectivity index (χ4v) is 1.54. The molecule has 0 aliphatic heterocycles. The Bertz CT molecular complexity index is 285. The molecule has 0 aliphatic rings. The fraction of sp³-hybridized carbons (Fsp3) is 0.692. The molecule has 0 aliphatic carbocycles. The van der Waals surface area contributed by atoms with E-state index in [1.807, 2.05) is 0 Å². The minimum atomic E-state index is -2.09. The zero-order valence-electron chi connectivity index (χ0n) is 11.0. The minimum absolute atomic E-state index is 0.526. The van der Waals surface area contributed by atoms with Gasteiger partial charge in [-0.2, -0.15) is 0 Å². The first-order valence-corrected chi connectivity index (χ1v) is 6.29. The topological polar surface area (TPSA) is 83.8 Å². The fourth-order valence-electron chi connectivity index (χ4n) is 1.54. The number of hydrogen-bond acceptors (Lipinski definition) is 4. The van der Waals surface area contributed by atoms with Gasteiger partial charge >= 0.3 is 11.9 Å². The average Bonchev–Trinajstić information content (AvgIpc) is 2.33. The summed E-state index contributed by atoms with van der Waals surface area (Å²) in [5.41, 5.74) is 0. The number of unbranched alkanes of at least 4 members (excludes halogenated alkanes) is 1. The van der Waals surface area contributed by atoms with Crippen molar-refractivity contribution in [3.63, 3.8) is 0 Å². The highest BCUT2D eigenvalue weighted by Gasteiger charge is 2.16. The normalized spacial score (nSPS) is 14.4. The molecule has 0 fully saturated rings. The number of esters is 1. The number of aliphatic carboxylic acids is 1. The van der Waals surface area contributed by atoms with Gasteiger partial charge < -0.3 is 14.9 Å². The number of carboxylic acid groups (broad SMARTS) is 1. The second kappa shape index (κ2) is 9.65. The van der Waals surface area contributed by atoms with E-state index in [0.29, 0.717) is 5.92 Å². The number of aliphatic hydroxyl groups excluding tert-OH is 1. The van der Waals surface area contributed by atoms with E-state index < -0.39 is 18.2 Å². The molecular formula is C13H22O5. The Morgan fingerprint density at radius 3 is 2.50 bits per heavy atom. The summed E-state index contributed by atoms with van der Waals surface area (Å²) in [5, 5.41) is 17.1. The van der Waals surface area contributed by atoms with Crippen molar-refractivity contribution in [2.45, 2.75) is 52.2 Å². The number of ether oxygens (including phenoxy) is 1. The summed E-state index contributed by atoms with van der Waals surface area (Å²) >= 11 is 0. The van der Waals surface area contributed by atoms with Crippen molar-refractivity contribution in [2.24, 2.45) is 5.92 Å². The van der Waals surface area contributed by atoms with Gasteiger partial charge in [0.25, 0.3) is 6.29 Å². The summed E-state index contributed by atoms with van der Waals surface area (Å²) in [4.78, 5) is 21.3. The first-order chi connectivity index (χ1) is 8.51. The van der Waals surface area contributed by atoms with Crippen LogP contribution >= 0.6 is 0 Å². The second-order valence-electron chi connectivity index (χ2n) is 4.18. The molecule has 0 amide bonds. The van der Waals surface area contributed by atoms with Crippen LogP contribution in [0.25, 0.3) is 0 Å². The van der Waals surface area contributed by atoms with Crippen LogP contribution in [0.4, 0.5) is 0 Å². The van der Waals surface area contributed by atoms with Crippen LogP contribution in [0.1, 0.15) is 46.0 Å². The van der Waals surface area contributed by atoms with Gasteiger partial charge in [-0.1, -0.05) is 45.6 Å². The van der Waals surface area contributed by atoms with Crippen molar-refractivity contribution in [3.8, 4) is 0 Å². The largest absolute Gasteiger partial charge is 0.477 e. The molecule has 0 bridgehead atoms. The lowest BCUT2D eigenvalue weighted by Gasteiger charge is -2.11. The van der Waals surface area contributed by atoms with Crippen LogP contribution in [0.5, 0.6) is 0 Å². The monoisotopic (exact) mass is 258 g/mol. The maximum absolute atomic E-state index is 11.1. The van der Waals surface area contributed by atoms with Gasteiger partial charge in [-0.25, -0.2) is 9.59 Å². The van der Waals surface area contributed by atoms with E-state index in [2.05, 4.69) is 18.6 Å². The smallest absolute Gasteiger partial charge is 0.373 e.